The molecular formula is C12H9N3O. The van der Waals surface area contributed by atoms with Crippen LogP contribution in [0.4, 0.5) is 5.69 Å². The number of nitrogens with zero attached hydrogens (tertiary/aromatic N) is 2. The van der Waals surface area contributed by atoms with Crippen LogP contribution in [0.2, 0.25) is 0 Å². The minimum absolute atomic E-state index is 0.689. The fraction of sp³-hybridized carbons (Fsp3) is 0. The van der Waals surface area contributed by atoms with Gasteiger partial charge in [-0.25, -0.2) is 0 Å². The predicted octanol–water partition coefficient (Wildman–Crippen LogP) is 3.54. The fourth-order valence-corrected chi connectivity index (χ4v) is 1.84. The third kappa shape index (κ3) is 1.24. The summed E-state index contributed by atoms with van der Waals surface area (Å²) in [5.41, 5.74) is 2.36. The number of para-hydroxylation sites is 1. The number of hydrogen-bond donors (Lipinski definition) is 1. The first-order chi connectivity index (χ1) is 7.88. The van der Waals surface area contributed by atoms with Gasteiger partial charge in [-0.15, -0.1) is 5.11 Å². The van der Waals surface area contributed by atoms with E-state index in [4.69, 9.17) is 10.3 Å². The van der Waals surface area contributed by atoms with Crippen LogP contribution in [0.15, 0.2) is 57.2 Å². The molecule has 0 atom stereocenters. The number of benzene rings is 2. The van der Waals surface area contributed by atoms with Gasteiger partial charge in [0.25, 0.3) is 0 Å². The van der Waals surface area contributed by atoms with Crippen molar-refractivity contribution in [3.8, 4) is 0 Å². The molecule has 0 bridgehead atoms. The highest BCUT2D eigenvalue weighted by Crippen LogP contribution is 2.30. The van der Waals surface area contributed by atoms with Crippen LogP contribution in [0.5, 0.6) is 0 Å². The lowest BCUT2D eigenvalue weighted by atomic mass is 10.1. The van der Waals surface area contributed by atoms with Gasteiger partial charge >= 0.3 is 0 Å². The standard InChI is InChI=1S/C12H9N3O/c13-15-14-8-5-6-10-9-3-1-2-4-11(9)16-12(10)7-8/h1-7H,(H2,13,14). The summed E-state index contributed by atoms with van der Waals surface area (Å²) < 4.78 is 5.70. The Hall–Kier alpha value is -2.36. The van der Waals surface area contributed by atoms with Gasteiger partial charge in [-0.05, 0) is 18.2 Å². The van der Waals surface area contributed by atoms with E-state index in [0.29, 0.717) is 5.69 Å². The molecule has 0 spiro atoms. The normalized spacial score (nSPS) is 11.8. The summed E-state index contributed by atoms with van der Waals surface area (Å²) in [4.78, 5) is 0. The molecule has 2 aromatic carbocycles. The van der Waals surface area contributed by atoms with Crippen LogP contribution in [0.25, 0.3) is 21.9 Å². The molecular weight excluding hydrogens is 202 g/mol. The van der Waals surface area contributed by atoms with Crippen molar-refractivity contribution < 1.29 is 4.42 Å². The summed E-state index contributed by atoms with van der Waals surface area (Å²) in [7, 11) is 0. The van der Waals surface area contributed by atoms with Crippen molar-refractivity contribution in [3.63, 3.8) is 0 Å². The molecule has 4 heteroatoms. The van der Waals surface area contributed by atoms with Gasteiger partial charge in [0.2, 0.25) is 0 Å². The molecule has 0 fully saturated rings. The second kappa shape index (κ2) is 3.34. The van der Waals surface area contributed by atoms with E-state index in [9.17, 15) is 0 Å². The van der Waals surface area contributed by atoms with Crippen molar-refractivity contribution in [2.45, 2.75) is 0 Å². The highest BCUT2D eigenvalue weighted by atomic mass is 16.3. The first-order valence-electron chi connectivity index (χ1n) is 4.91. The highest BCUT2D eigenvalue weighted by molar-refractivity contribution is 6.05. The van der Waals surface area contributed by atoms with E-state index >= 15 is 0 Å². The van der Waals surface area contributed by atoms with Crippen molar-refractivity contribution in [3.05, 3.63) is 42.5 Å². The second-order valence-electron chi connectivity index (χ2n) is 3.49. The smallest absolute Gasteiger partial charge is 0.137 e. The van der Waals surface area contributed by atoms with Crippen LogP contribution in [0, 0.1) is 0 Å². The van der Waals surface area contributed by atoms with Gasteiger partial charge in [-0.1, -0.05) is 23.4 Å². The van der Waals surface area contributed by atoms with Crippen molar-refractivity contribution in [1.29, 1.82) is 0 Å². The van der Waals surface area contributed by atoms with E-state index < -0.39 is 0 Å². The Balaban J connectivity index is 2.36. The van der Waals surface area contributed by atoms with Crippen LogP contribution in [0.3, 0.4) is 0 Å². The molecule has 0 aliphatic rings. The summed E-state index contributed by atoms with van der Waals surface area (Å²) >= 11 is 0. The lowest BCUT2D eigenvalue weighted by molar-refractivity contribution is 0.669. The van der Waals surface area contributed by atoms with E-state index in [1.807, 2.05) is 42.5 Å². The molecule has 4 nitrogen and oxygen atoms in total. The van der Waals surface area contributed by atoms with Crippen LogP contribution >= 0.6 is 0 Å². The average molecular weight is 211 g/mol. The summed E-state index contributed by atoms with van der Waals surface area (Å²) in [6.45, 7) is 0. The fourth-order valence-electron chi connectivity index (χ4n) is 1.84. The molecule has 0 aliphatic heterocycles. The SMILES string of the molecule is NN=Nc1ccc2c(c1)oc1ccccc12. The van der Waals surface area contributed by atoms with E-state index in [2.05, 4.69) is 10.3 Å². The topological polar surface area (TPSA) is 63.9 Å². The summed E-state index contributed by atoms with van der Waals surface area (Å²) in [6, 6.07) is 13.6. The largest absolute Gasteiger partial charge is 0.456 e. The molecule has 78 valence electrons. The summed E-state index contributed by atoms with van der Waals surface area (Å²) in [5, 5.41) is 9.20. The molecule has 0 saturated carbocycles. The highest BCUT2D eigenvalue weighted by Gasteiger charge is 2.05. The molecule has 0 aliphatic carbocycles. The van der Waals surface area contributed by atoms with Crippen molar-refractivity contribution in [1.82, 2.24) is 0 Å². The molecule has 1 aromatic heterocycles. The lowest BCUT2D eigenvalue weighted by Gasteiger charge is -1.90. The van der Waals surface area contributed by atoms with Gasteiger partial charge in [0.15, 0.2) is 0 Å². The zero-order valence-corrected chi connectivity index (χ0v) is 8.42. The van der Waals surface area contributed by atoms with Crippen molar-refractivity contribution in [2.24, 2.45) is 16.2 Å². The minimum Gasteiger partial charge on any atom is -0.456 e. The Bertz CT molecular complexity index is 685. The van der Waals surface area contributed by atoms with E-state index in [0.717, 1.165) is 21.9 Å². The van der Waals surface area contributed by atoms with Crippen LogP contribution in [0.1, 0.15) is 0 Å². The monoisotopic (exact) mass is 211 g/mol. The molecule has 0 saturated heterocycles. The van der Waals surface area contributed by atoms with E-state index in [1.54, 1.807) is 0 Å². The number of fused-ring (bicyclic) bond motifs is 3. The quantitative estimate of drug-likeness (QED) is 0.380. The Kier molecular flexibility index (Phi) is 1.86. The molecule has 0 radical (unpaired) electrons. The number of rotatable bonds is 1. The molecule has 1 heterocycles. The zero-order valence-electron chi connectivity index (χ0n) is 8.42. The maximum atomic E-state index is 5.70. The van der Waals surface area contributed by atoms with Gasteiger partial charge in [0.05, 0.1) is 5.69 Å². The lowest BCUT2D eigenvalue weighted by Crippen LogP contribution is -1.73. The second-order valence-corrected chi connectivity index (χ2v) is 3.49. The van der Waals surface area contributed by atoms with Crippen LogP contribution in [-0.4, -0.2) is 0 Å². The van der Waals surface area contributed by atoms with Crippen LogP contribution < -0.4 is 5.84 Å². The first-order valence-corrected chi connectivity index (χ1v) is 4.91. The minimum atomic E-state index is 0.689. The number of furan rings is 1. The summed E-state index contributed by atoms with van der Waals surface area (Å²) in [6.07, 6.45) is 0. The maximum absolute atomic E-state index is 5.70. The number of nitrogens with two attached hydrogens (primary N) is 1. The Morgan fingerprint density at radius 3 is 2.62 bits per heavy atom. The number of hydrogen-bond acceptors (Lipinski definition) is 3. The van der Waals surface area contributed by atoms with E-state index in [-0.39, 0.29) is 0 Å². The Morgan fingerprint density at radius 2 is 1.75 bits per heavy atom. The molecule has 3 rings (SSSR count). The first kappa shape index (κ1) is 8.91. The summed E-state index contributed by atoms with van der Waals surface area (Å²) in [5.74, 6) is 5.01. The van der Waals surface area contributed by atoms with Crippen LogP contribution in [-0.2, 0) is 0 Å². The Morgan fingerprint density at radius 1 is 0.938 bits per heavy atom. The van der Waals surface area contributed by atoms with Gasteiger partial charge in [0, 0.05) is 16.8 Å². The molecule has 2 N–H and O–H groups in total. The third-order valence-electron chi connectivity index (χ3n) is 2.54. The van der Waals surface area contributed by atoms with Crippen molar-refractivity contribution in [2.75, 3.05) is 0 Å². The average Bonchev–Trinajstić information content (AvgIpc) is 2.67. The zero-order chi connectivity index (χ0) is 11.0. The van der Waals surface area contributed by atoms with Gasteiger partial charge < -0.3 is 10.3 Å². The van der Waals surface area contributed by atoms with Gasteiger partial charge in [0.1, 0.15) is 11.2 Å². The Labute approximate surface area is 91.3 Å². The van der Waals surface area contributed by atoms with E-state index in [1.165, 1.54) is 0 Å². The molecule has 0 amide bonds. The van der Waals surface area contributed by atoms with Gasteiger partial charge in [-0.3, -0.25) is 0 Å². The predicted molar refractivity (Wildman–Crippen MR) is 62.4 cm³/mol. The maximum Gasteiger partial charge on any atom is 0.137 e. The molecule has 0 unspecified atom stereocenters. The molecule has 16 heavy (non-hydrogen) atoms. The van der Waals surface area contributed by atoms with Crippen molar-refractivity contribution >= 4 is 27.6 Å². The van der Waals surface area contributed by atoms with Gasteiger partial charge in [-0.2, -0.15) is 0 Å². The molecule has 3 aromatic rings. The third-order valence-corrected chi connectivity index (χ3v) is 2.54.